The van der Waals surface area contributed by atoms with Crippen molar-refractivity contribution in [2.24, 2.45) is 0 Å². The molecular weight excluding hydrogens is 396 g/mol. The SMILES string of the molecule is COc1cccc(CN(C)CC(=O)NN2C(=O)NC(C)(CCc3ccccc3)C2=O)c1. The molecule has 1 atom stereocenters. The summed E-state index contributed by atoms with van der Waals surface area (Å²) in [6.45, 7) is 2.21. The third-order valence-electron chi connectivity index (χ3n) is 5.25. The van der Waals surface area contributed by atoms with Crippen molar-refractivity contribution in [1.29, 1.82) is 0 Å². The van der Waals surface area contributed by atoms with Gasteiger partial charge >= 0.3 is 6.03 Å². The number of methoxy groups -OCH3 is 1. The van der Waals surface area contributed by atoms with Crippen molar-refractivity contribution in [3.8, 4) is 5.75 Å². The molecule has 1 aliphatic heterocycles. The van der Waals surface area contributed by atoms with E-state index in [-0.39, 0.29) is 6.54 Å². The van der Waals surface area contributed by atoms with Gasteiger partial charge in [-0.25, -0.2) is 4.79 Å². The third-order valence-corrected chi connectivity index (χ3v) is 5.25. The second-order valence-corrected chi connectivity index (χ2v) is 7.95. The lowest BCUT2D eigenvalue weighted by atomic mass is 9.93. The number of imide groups is 1. The Morgan fingerprint density at radius 1 is 1.13 bits per heavy atom. The first kappa shape index (κ1) is 22.3. The topological polar surface area (TPSA) is 91.0 Å². The highest BCUT2D eigenvalue weighted by atomic mass is 16.5. The molecular formula is C23H28N4O4. The number of likely N-dealkylation sites (N-methyl/N-ethyl adjacent to an activating group) is 1. The Kier molecular flexibility index (Phi) is 6.91. The van der Waals surface area contributed by atoms with Crippen LogP contribution in [0.5, 0.6) is 5.75 Å². The smallest absolute Gasteiger partial charge is 0.344 e. The Morgan fingerprint density at radius 2 is 1.84 bits per heavy atom. The molecule has 3 rings (SSSR count). The summed E-state index contributed by atoms with van der Waals surface area (Å²) in [7, 11) is 3.39. The van der Waals surface area contributed by atoms with Crippen LogP contribution in [0.2, 0.25) is 0 Å². The number of carbonyl (C=O) groups is 3. The van der Waals surface area contributed by atoms with E-state index in [0.717, 1.165) is 21.9 Å². The molecule has 0 aromatic heterocycles. The summed E-state index contributed by atoms with van der Waals surface area (Å²) in [4.78, 5) is 39.4. The monoisotopic (exact) mass is 424 g/mol. The quantitative estimate of drug-likeness (QED) is 0.602. The zero-order chi connectivity index (χ0) is 22.4. The van der Waals surface area contributed by atoms with Gasteiger partial charge in [0.25, 0.3) is 11.8 Å². The summed E-state index contributed by atoms with van der Waals surface area (Å²) in [6, 6.07) is 16.7. The summed E-state index contributed by atoms with van der Waals surface area (Å²) in [6.07, 6.45) is 1.07. The van der Waals surface area contributed by atoms with E-state index < -0.39 is 23.4 Å². The van der Waals surface area contributed by atoms with Gasteiger partial charge in [-0.15, -0.1) is 0 Å². The molecule has 1 saturated heterocycles. The van der Waals surface area contributed by atoms with Crippen LogP contribution < -0.4 is 15.5 Å². The van der Waals surface area contributed by atoms with E-state index in [4.69, 9.17) is 4.74 Å². The predicted octanol–water partition coefficient (Wildman–Crippen LogP) is 2.10. The molecule has 2 aromatic carbocycles. The van der Waals surface area contributed by atoms with E-state index in [0.29, 0.717) is 19.4 Å². The molecule has 4 amide bonds. The van der Waals surface area contributed by atoms with Gasteiger partial charge in [0.05, 0.1) is 13.7 Å². The highest BCUT2D eigenvalue weighted by molar-refractivity contribution is 6.07. The molecule has 0 saturated carbocycles. The third kappa shape index (κ3) is 5.61. The average Bonchev–Trinajstić information content (AvgIpc) is 2.96. The fraction of sp³-hybridized carbons (Fsp3) is 0.348. The maximum Gasteiger partial charge on any atom is 0.344 e. The molecule has 8 heteroatoms. The fourth-order valence-corrected chi connectivity index (χ4v) is 3.54. The number of ether oxygens (including phenoxy) is 1. The van der Waals surface area contributed by atoms with Gasteiger partial charge in [0.2, 0.25) is 0 Å². The average molecular weight is 425 g/mol. The van der Waals surface area contributed by atoms with E-state index in [2.05, 4.69) is 10.7 Å². The maximum atomic E-state index is 12.8. The van der Waals surface area contributed by atoms with Crippen molar-refractivity contribution in [3.63, 3.8) is 0 Å². The second kappa shape index (κ2) is 9.61. The van der Waals surface area contributed by atoms with E-state index in [1.165, 1.54) is 0 Å². The van der Waals surface area contributed by atoms with E-state index >= 15 is 0 Å². The number of amides is 4. The first-order valence-corrected chi connectivity index (χ1v) is 10.1. The van der Waals surface area contributed by atoms with Crippen molar-refractivity contribution < 1.29 is 19.1 Å². The summed E-state index contributed by atoms with van der Waals surface area (Å²) in [5.74, 6) is -0.164. The first-order valence-electron chi connectivity index (χ1n) is 10.1. The normalized spacial score (nSPS) is 18.3. The molecule has 1 heterocycles. The van der Waals surface area contributed by atoms with Crippen LogP contribution in [0.3, 0.4) is 0 Å². The van der Waals surface area contributed by atoms with Gasteiger partial charge in [-0.3, -0.25) is 19.9 Å². The van der Waals surface area contributed by atoms with Crippen molar-refractivity contribution in [3.05, 3.63) is 65.7 Å². The molecule has 2 N–H and O–H groups in total. The van der Waals surface area contributed by atoms with Gasteiger partial charge in [0, 0.05) is 6.54 Å². The summed E-state index contributed by atoms with van der Waals surface area (Å²) < 4.78 is 5.21. The van der Waals surface area contributed by atoms with E-state index in [1.54, 1.807) is 26.0 Å². The van der Waals surface area contributed by atoms with Crippen LogP contribution in [0.15, 0.2) is 54.6 Å². The van der Waals surface area contributed by atoms with Gasteiger partial charge in [-0.1, -0.05) is 42.5 Å². The lowest BCUT2D eigenvalue weighted by molar-refractivity contribution is -0.139. The number of nitrogens with zero attached hydrogens (tertiary/aromatic N) is 2. The van der Waals surface area contributed by atoms with Crippen LogP contribution in [0, 0.1) is 0 Å². The number of rotatable bonds is 9. The summed E-state index contributed by atoms with van der Waals surface area (Å²) in [5, 5.41) is 3.49. The lowest BCUT2D eigenvalue weighted by Gasteiger charge is -2.22. The van der Waals surface area contributed by atoms with Gasteiger partial charge in [-0.2, -0.15) is 5.01 Å². The predicted molar refractivity (Wildman–Crippen MR) is 116 cm³/mol. The molecule has 1 fully saturated rings. The van der Waals surface area contributed by atoms with Crippen LogP contribution in [0.1, 0.15) is 24.5 Å². The molecule has 0 radical (unpaired) electrons. The Balaban J connectivity index is 1.54. The van der Waals surface area contributed by atoms with Gasteiger partial charge in [-0.05, 0) is 50.1 Å². The zero-order valence-corrected chi connectivity index (χ0v) is 18.1. The molecule has 2 aromatic rings. The largest absolute Gasteiger partial charge is 0.497 e. The minimum Gasteiger partial charge on any atom is -0.497 e. The zero-order valence-electron chi connectivity index (χ0n) is 18.1. The van der Waals surface area contributed by atoms with Gasteiger partial charge < -0.3 is 10.1 Å². The van der Waals surface area contributed by atoms with E-state index in [9.17, 15) is 14.4 Å². The van der Waals surface area contributed by atoms with E-state index in [1.807, 2.05) is 54.6 Å². The van der Waals surface area contributed by atoms with Crippen LogP contribution in [-0.4, -0.2) is 54.0 Å². The Morgan fingerprint density at radius 3 is 2.55 bits per heavy atom. The van der Waals surface area contributed by atoms with Crippen molar-refractivity contribution >= 4 is 17.8 Å². The van der Waals surface area contributed by atoms with Gasteiger partial charge in [0.15, 0.2) is 0 Å². The number of hydrogen-bond donors (Lipinski definition) is 2. The number of benzene rings is 2. The molecule has 164 valence electrons. The van der Waals surface area contributed by atoms with Crippen molar-refractivity contribution in [1.82, 2.24) is 20.7 Å². The van der Waals surface area contributed by atoms with Crippen LogP contribution in [0.4, 0.5) is 4.79 Å². The number of aryl methyl sites for hydroxylation is 1. The molecule has 1 unspecified atom stereocenters. The molecule has 0 bridgehead atoms. The van der Waals surface area contributed by atoms with Crippen LogP contribution in [0.25, 0.3) is 0 Å². The Hall–Kier alpha value is -3.39. The number of hydrazine groups is 1. The lowest BCUT2D eigenvalue weighted by Crippen LogP contribution is -2.51. The first-order chi connectivity index (χ1) is 14.8. The standard InChI is InChI=1S/C23H28N4O4/c1-23(13-12-17-8-5-4-6-9-17)21(29)27(22(30)24-23)25-20(28)16-26(2)15-18-10-7-11-19(14-18)31-3/h4-11,14H,12-13,15-16H2,1-3H3,(H,24,30)(H,25,28). The Labute approximate surface area is 182 Å². The summed E-state index contributed by atoms with van der Waals surface area (Å²) in [5.41, 5.74) is 3.44. The minimum atomic E-state index is -1.06. The molecule has 0 spiro atoms. The Bertz CT molecular complexity index is 950. The van der Waals surface area contributed by atoms with Crippen LogP contribution >= 0.6 is 0 Å². The molecule has 8 nitrogen and oxygen atoms in total. The summed E-state index contributed by atoms with van der Waals surface area (Å²) >= 11 is 0. The molecule has 0 aliphatic carbocycles. The molecule has 31 heavy (non-hydrogen) atoms. The maximum absolute atomic E-state index is 12.8. The number of hydrogen-bond acceptors (Lipinski definition) is 5. The highest BCUT2D eigenvalue weighted by Gasteiger charge is 2.48. The minimum absolute atomic E-state index is 0.0228. The molecule has 1 aliphatic rings. The fourth-order valence-electron chi connectivity index (χ4n) is 3.54. The number of urea groups is 1. The van der Waals surface area contributed by atoms with Crippen molar-refractivity contribution in [2.45, 2.75) is 31.8 Å². The highest BCUT2D eigenvalue weighted by Crippen LogP contribution is 2.22. The van der Waals surface area contributed by atoms with Gasteiger partial charge in [0.1, 0.15) is 11.3 Å². The second-order valence-electron chi connectivity index (χ2n) is 7.95. The number of carbonyl (C=O) groups excluding carboxylic acids is 3. The number of nitrogens with one attached hydrogen (secondary N) is 2. The van der Waals surface area contributed by atoms with Crippen molar-refractivity contribution in [2.75, 3.05) is 20.7 Å². The van der Waals surface area contributed by atoms with Crippen LogP contribution in [-0.2, 0) is 22.6 Å².